The van der Waals surface area contributed by atoms with E-state index in [0.29, 0.717) is 0 Å². The fraction of sp³-hybridized carbons (Fsp3) is 0. The molecule has 0 N–H and O–H groups in total. The first-order valence-electron chi connectivity index (χ1n) is 4.26. The number of rotatable bonds is 4. The molecule has 0 unspecified atom stereocenters. The zero-order valence-corrected chi connectivity index (χ0v) is 7.93. The summed E-state index contributed by atoms with van der Waals surface area (Å²) in [6, 6.07) is 3.80. The molecule has 2 nitrogen and oxygen atoms in total. The Morgan fingerprint density at radius 1 is 1.21 bits per heavy atom. The van der Waals surface area contributed by atoms with Gasteiger partial charge in [0.25, 0.3) is 0 Å². The number of hydrogen-bond acceptors (Lipinski definition) is 2. The molecule has 0 spiro atoms. The van der Waals surface area contributed by atoms with E-state index in [1.165, 1.54) is 0 Å². The van der Waals surface area contributed by atoms with E-state index in [-0.39, 0.29) is 0 Å². The molecule has 2 heteroatoms. The summed E-state index contributed by atoms with van der Waals surface area (Å²) in [5.74, 6) is 0. The van der Waals surface area contributed by atoms with Crippen LogP contribution in [0.1, 0.15) is 5.56 Å². The second kappa shape index (κ2) is 5.65. The first-order chi connectivity index (χ1) is 6.88. The van der Waals surface area contributed by atoms with Gasteiger partial charge in [0.1, 0.15) is 0 Å². The van der Waals surface area contributed by atoms with Gasteiger partial charge in [-0.25, -0.2) is 0 Å². The molecule has 0 fully saturated rings. The minimum absolute atomic E-state index is 0.849. The zero-order valence-electron chi connectivity index (χ0n) is 7.93. The van der Waals surface area contributed by atoms with Crippen LogP contribution in [0.3, 0.4) is 0 Å². The van der Waals surface area contributed by atoms with Gasteiger partial charge in [0.2, 0.25) is 0 Å². The van der Waals surface area contributed by atoms with E-state index in [4.69, 9.17) is 0 Å². The fourth-order valence-corrected chi connectivity index (χ4v) is 0.981. The van der Waals surface area contributed by atoms with E-state index < -0.39 is 0 Å². The van der Waals surface area contributed by atoms with E-state index in [2.05, 4.69) is 23.1 Å². The lowest BCUT2D eigenvalue weighted by Crippen LogP contribution is -1.81. The summed E-state index contributed by atoms with van der Waals surface area (Å²) in [4.78, 5) is 8.16. The van der Waals surface area contributed by atoms with E-state index >= 15 is 0 Å². The highest BCUT2D eigenvalue weighted by molar-refractivity contribution is 5.79. The number of aliphatic imine (C=N–C) groups is 1. The Bertz CT molecular complexity index is 361. The van der Waals surface area contributed by atoms with Crippen molar-refractivity contribution >= 4 is 11.9 Å². The Balaban J connectivity index is 3.01. The maximum absolute atomic E-state index is 4.22. The number of hydrogen-bond donors (Lipinski definition) is 0. The summed E-state index contributed by atoms with van der Waals surface area (Å²) < 4.78 is 0. The average molecular weight is 184 g/mol. The van der Waals surface area contributed by atoms with Gasteiger partial charge < -0.3 is 0 Å². The third-order valence-electron chi connectivity index (χ3n) is 1.57. The molecule has 1 rings (SSSR count). The molecule has 0 aliphatic carbocycles. The minimum Gasteiger partial charge on any atom is -0.265 e. The second-order valence-electron chi connectivity index (χ2n) is 2.54. The predicted molar refractivity (Wildman–Crippen MR) is 61.1 cm³/mol. The van der Waals surface area contributed by atoms with Crippen molar-refractivity contribution in [1.82, 2.24) is 4.98 Å². The average Bonchev–Trinajstić information content (AvgIpc) is 2.25. The largest absolute Gasteiger partial charge is 0.265 e. The number of nitrogens with zero attached hydrogens (tertiary/aromatic N) is 2. The quantitative estimate of drug-likeness (QED) is 0.521. The summed E-state index contributed by atoms with van der Waals surface area (Å²) >= 11 is 0. The lowest BCUT2D eigenvalue weighted by atomic mass is 10.2. The standard InChI is InChI=1S/C12H12N2/c1-3-5-12(14-8-4-2)11-6-9-13-10-7-11/h3-10H,1-2H2/b12-5-,14-8?. The molecule has 0 bridgehead atoms. The van der Waals surface area contributed by atoms with Crippen LogP contribution >= 0.6 is 0 Å². The van der Waals surface area contributed by atoms with Gasteiger partial charge in [0.05, 0.1) is 5.70 Å². The molecule has 1 aromatic heterocycles. The predicted octanol–water partition coefficient (Wildman–Crippen LogP) is 2.87. The second-order valence-corrected chi connectivity index (χ2v) is 2.54. The Kier molecular flexibility index (Phi) is 4.08. The van der Waals surface area contributed by atoms with E-state index in [1.807, 2.05) is 18.2 Å². The summed E-state index contributed by atoms with van der Waals surface area (Å²) in [5, 5.41) is 0. The number of pyridine rings is 1. The highest BCUT2D eigenvalue weighted by atomic mass is 14.7. The van der Waals surface area contributed by atoms with Gasteiger partial charge >= 0.3 is 0 Å². The third-order valence-corrected chi connectivity index (χ3v) is 1.57. The molecule has 0 aromatic carbocycles. The van der Waals surface area contributed by atoms with Crippen LogP contribution in [0.25, 0.3) is 5.70 Å². The Labute approximate surface area is 84.0 Å². The van der Waals surface area contributed by atoms with Gasteiger partial charge in [0.15, 0.2) is 0 Å². The Morgan fingerprint density at radius 2 is 1.93 bits per heavy atom. The van der Waals surface area contributed by atoms with Crippen molar-refractivity contribution in [2.75, 3.05) is 0 Å². The van der Waals surface area contributed by atoms with E-state index in [1.54, 1.807) is 30.8 Å². The van der Waals surface area contributed by atoms with Gasteiger partial charge in [0, 0.05) is 24.2 Å². The molecule has 0 aliphatic rings. The van der Waals surface area contributed by atoms with E-state index in [0.717, 1.165) is 11.3 Å². The van der Waals surface area contributed by atoms with Crippen molar-refractivity contribution in [3.05, 3.63) is 61.5 Å². The fourth-order valence-electron chi connectivity index (χ4n) is 0.981. The van der Waals surface area contributed by atoms with Gasteiger partial charge in [-0.2, -0.15) is 0 Å². The van der Waals surface area contributed by atoms with Gasteiger partial charge in [-0.05, 0) is 18.2 Å². The number of allylic oxidation sites excluding steroid dienone is 3. The van der Waals surface area contributed by atoms with Crippen molar-refractivity contribution in [3.63, 3.8) is 0 Å². The molecule has 0 radical (unpaired) electrons. The molecule has 0 aliphatic heterocycles. The minimum atomic E-state index is 0.849. The molecule has 0 saturated carbocycles. The van der Waals surface area contributed by atoms with Crippen molar-refractivity contribution in [2.24, 2.45) is 4.99 Å². The normalized spacial score (nSPS) is 11.6. The van der Waals surface area contributed by atoms with Crippen molar-refractivity contribution in [1.29, 1.82) is 0 Å². The summed E-state index contributed by atoms with van der Waals surface area (Å²) in [5.41, 5.74) is 1.86. The van der Waals surface area contributed by atoms with Gasteiger partial charge in [-0.1, -0.05) is 25.3 Å². The van der Waals surface area contributed by atoms with Crippen LogP contribution in [0, 0.1) is 0 Å². The molecule has 0 amide bonds. The molecular weight excluding hydrogens is 172 g/mol. The van der Waals surface area contributed by atoms with Crippen LogP contribution in [-0.2, 0) is 0 Å². The third kappa shape index (κ3) is 2.83. The van der Waals surface area contributed by atoms with Gasteiger partial charge in [-0.15, -0.1) is 0 Å². The first-order valence-corrected chi connectivity index (χ1v) is 4.26. The Hall–Kier alpha value is -1.96. The lowest BCUT2D eigenvalue weighted by Gasteiger charge is -1.98. The van der Waals surface area contributed by atoms with Crippen molar-refractivity contribution in [3.8, 4) is 0 Å². The maximum Gasteiger partial charge on any atom is 0.0702 e. The van der Waals surface area contributed by atoms with Crippen molar-refractivity contribution in [2.45, 2.75) is 0 Å². The molecule has 1 heterocycles. The zero-order chi connectivity index (χ0) is 10.2. The van der Waals surface area contributed by atoms with E-state index in [9.17, 15) is 0 Å². The maximum atomic E-state index is 4.22. The van der Waals surface area contributed by atoms with Crippen molar-refractivity contribution < 1.29 is 0 Å². The highest BCUT2D eigenvalue weighted by Crippen LogP contribution is 2.13. The van der Waals surface area contributed by atoms with Crippen LogP contribution in [0.2, 0.25) is 0 Å². The monoisotopic (exact) mass is 184 g/mol. The van der Waals surface area contributed by atoms with Crippen LogP contribution in [0.4, 0.5) is 0 Å². The summed E-state index contributed by atoms with van der Waals surface area (Å²) in [6.07, 6.45) is 10.3. The smallest absolute Gasteiger partial charge is 0.0702 e. The summed E-state index contributed by atoms with van der Waals surface area (Å²) in [7, 11) is 0. The molecule has 1 aromatic rings. The van der Waals surface area contributed by atoms with Crippen LogP contribution in [0.15, 0.2) is 60.9 Å². The Morgan fingerprint density at radius 3 is 2.50 bits per heavy atom. The molecule has 14 heavy (non-hydrogen) atoms. The molecular formula is C12H12N2. The highest BCUT2D eigenvalue weighted by Gasteiger charge is 1.95. The van der Waals surface area contributed by atoms with Crippen LogP contribution < -0.4 is 0 Å². The molecule has 0 saturated heterocycles. The SMILES string of the molecule is C=CC=N/C(=C\C=C)c1ccncc1. The van der Waals surface area contributed by atoms with Crippen LogP contribution in [0.5, 0.6) is 0 Å². The van der Waals surface area contributed by atoms with Crippen LogP contribution in [-0.4, -0.2) is 11.2 Å². The molecule has 70 valence electrons. The molecule has 0 atom stereocenters. The first kappa shape index (κ1) is 10.1. The topological polar surface area (TPSA) is 25.2 Å². The summed E-state index contributed by atoms with van der Waals surface area (Å²) in [6.45, 7) is 7.21. The number of aromatic nitrogens is 1. The van der Waals surface area contributed by atoms with Gasteiger partial charge in [-0.3, -0.25) is 9.98 Å². The lowest BCUT2D eigenvalue weighted by molar-refractivity contribution is 1.31.